The number of amides is 4. The molecule has 4 amide bonds. The number of carbonyl (C=O) groups is 3. The molecule has 1 aliphatic rings. The molecule has 0 bridgehead atoms. The van der Waals surface area contributed by atoms with Gasteiger partial charge in [-0.2, -0.15) is 0 Å². The van der Waals surface area contributed by atoms with Gasteiger partial charge in [-0.25, -0.2) is 9.18 Å². The second kappa shape index (κ2) is 7.08. The fourth-order valence-electron chi connectivity index (χ4n) is 2.28. The van der Waals surface area contributed by atoms with Crippen LogP contribution in [0.1, 0.15) is 20.3 Å². The molecule has 8 heteroatoms. The van der Waals surface area contributed by atoms with Gasteiger partial charge >= 0.3 is 6.03 Å². The predicted octanol–water partition coefficient (Wildman–Crippen LogP) is 2.49. The largest absolute Gasteiger partial charge is 0.326 e. The molecule has 1 aromatic carbocycles. The van der Waals surface area contributed by atoms with Crippen molar-refractivity contribution in [3.63, 3.8) is 0 Å². The number of carbonyl (C=O) groups excluding carboxylic acids is 3. The molecular formula is C15H17BrFN3O3. The third-order valence-electron chi connectivity index (χ3n) is 3.32. The first-order chi connectivity index (χ1) is 10.8. The van der Waals surface area contributed by atoms with E-state index in [1.165, 1.54) is 12.1 Å². The molecule has 2 N–H and O–H groups in total. The van der Waals surface area contributed by atoms with Crippen molar-refractivity contribution in [3.8, 4) is 0 Å². The molecule has 124 valence electrons. The summed E-state index contributed by atoms with van der Waals surface area (Å²) in [5.41, 5.74) is -0.0102. The van der Waals surface area contributed by atoms with Crippen LogP contribution in [0.3, 0.4) is 0 Å². The number of halogens is 2. The van der Waals surface area contributed by atoms with Gasteiger partial charge in [0.05, 0.1) is 5.69 Å². The first-order valence-electron chi connectivity index (χ1n) is 7.14. The minimum atomic E-state index is -0.639. The predicted molar refractivity (Wildman–Crippen MR) is 86.2 cm³/mol. The van der Waals surface area contributed by atoms with E-state index in [-0.39, 0.29) is 11.6 Å². The lowest BCUT2D eigenvalue weighted by Gasteiger charge is -2.14. The molecule has 0 aromatic heterocycles. The minimum Gasteiger partial charge on any atom is -0.326 e. The fourth-order valence-corrected chi connectivity index (χ4v) is 2.62. The third-order valence-corrected chi connectivity index (χ3v) is 3.81. The number of nitrogens with one attached hydrogen (secondary N) is 2. The van der Waals surface area contributed by atoms with Gasteiger partial charge in [0.15, 0.2) is 0 Å². The maximum atomic E-state index is 13.7. The van der Waals surface area contributed by atoms with E-state index < -0.39 is 36.2 Å². The van der Waals surface area contributed by atoms with Gasteiger partial charge in [0.25, 0.3) is 5.91 Å². The third kappa shape index (κ3) is 4.28. The molecule has 1 aromatic rings. The zero-order valence-electron chi connectivity index (χ0n) is 12.7. The number of urea groups is 1. The molecule has 1 aliphatic heterocycles. The lowest BCUT2D eigenvalue weighted by molar-refractivity contribution is -0.131. The average Bonchev–Trinajstić information content (AvgIpc) is 2.69. The molecule has 0 saturated carbocycles. The molecule has 1 atom stereocenters. The fraction of sp³-hybridized carbons (Fsp3) is 0.400. The lowest BCUT2D eigenvalue weighted by Crippen LogP contribution is -2.38. The molecule has 0 spiro atoms. The normalized spacial score (nSPS) is 17.6. The second-order valence-corrected chi connectivity index (χ2v) is 6.64. The summed E-state index contributed by atoms with van der Waals surface area (Å²) in [4.78, 5) is 36.8. The molecule has 1 heterocycles. The van der Waals surface area contributed by atoms with Crippen LogP contribution in [0, 0.1) is 11.7 Å². The monoisotopic (exact) mass is 385 g/mol. The van der Waals surface area contributed by atoms with Crippen LogP contribution in [0.5, 0.6) is 0 Å². The quantitative estimate of drug-likeness (QED) is 0.764. The van der Waals surface area contributed by atoms with Crippen molar-refractivity contribution in [2.24, 2.45) is 5.92 Å². The number of anilines is 1. The Labute approximate surface area is 141 Å². The Kier molecular flexibility index (Phi) is 5.35. The number of rotatable bonds is 5. The van der Waals surface area contributed by atoms with Gasteiger partial charge in [-0.1, -0.05) is 29.8 Å². The molecule has 1 unspecified atom stereocenters. The number of hydrogen-bond donors (Lipinski definition) is 2. The highest BCUT2D eigenvalue weighted by Crippen LogP contribution is 2.20. The van der Waals surface area contributed by atoms with E-state index in [4.69, 9.17) is 0 Å². The summed E-state index contributed by atoms with van der Waals surface area (Å²) in [5.74, 6) is -1.45. The summed E-state index contributed by atoms with van der Waals surface area (Å²) in [6.45, 7) is 3.42. The number of hydrogen-bond acceptors (Lipinski definition) is 3. The maximum absolute atomic E-state index is 13.7. The number of benzene rings is 1. The molecular weight excluding hydrogens is 369 g/mol. The first kappa shape index (κ1) is 17.4. The summed E-state index contributed by atoms with van der Waals surface area (Å²) in [5, 5.41) is 4.90. The maximum Gasteiger partial charge on any atom is 0.325 e. The average molecular weight is 386 g/mol. The first-order valence-corrected chi connectivity index (χ1v) is 7.94. The Bertz CT molecular complexity index is 651. The SMILES string of the molecule is CC(C)CC1NC(=O)N(CC(=O)Nc2ccc(Br)cc2F)C1=O. The van der Waals surface area contributed by atoms with E-state index in [0.717, 1.165) is 4.90 Å². The summed E-state index contributed by atoms with van der Waals surface area (Å²) in [6.07, 6.45) is 0.504. The van der Waals surface area contributed by atoms with Crippen LogP contribution in [0.25, 0.3) is 0 Å². The Morgan fingerprint density at radius 1 is 1.43 bits per heavy atom. The minimum absolute atomic E-state index is 0.0102. The van der Waals surface area contributed by atoms with Gasteiger partial charge in [-0.3, -0.25) is 14.5 Å². The Hall–Kier alpha value is -1.96. The van der Waals surface area contributed by atoms with Crippen LogP contribution in [-0.2, 0) is 9.59 Å². The molecule has 2 rings (SSSR count). The molecule has 0 radical (unpaired) electrons. The number of nitrogens with zero attached hydrogens (tertiary/aromatic N) is 1. The lowest BCUT2D eigenvalue weighted by atomic mass is 10.0. The molecule has 1 fully saturated rings. The van der Waals surface area contributed by atoms with Gasteiger partial charge in [-0.15, -0.1) is 0 Å². The van der Waals surface area contributed by atoms with Gasteiger partial charge in [0, 0.05) is 4.47 Å². The molecule has 6 nitrogen and oxygen atoms in total. The topological polar surface area (TPSA) is 78.5 Å². The van der Waals surface area contributed by atoms with E-state index in [9.17, 15) is 18.8 Å². The van der Waals surface area contributed by atoms with Crippen LogP contribution < -0.4 is 10.6 Å². The van der Waals surface area contributed by atoms with Crippen molar-refractivity contribution in [2.75, 3.05) is 11.9 Å². The molecule has 1 saturated heterocycles. The molecule has 23 heavy (non-hydrogen) atoms. The zero-order chi connectivity index (χ0) is 17.1. The summed E-state index contributed by atoms with van der Waals surface area (Å²) < 4.78 is 14.2. The molecule has 0 aliphatic carbocycles. The second-order valence-electron chi connectivity index (χ2n) is 5.73. The van der Waals surface area contributed by atoms with Crippen molar-refractivity contribution < 1.29 is 18.8 Å². The Morgan fingerprint density at radius 2 is 2.13 bits per heavy atom. The zero-order valence-corrected chi connectivity index (χ0v) is 14.3. The van der Waals surface area contributed by atoms with Gasteiger partial charge in [0.2, 0.25) is 5.91 Å². The Morgan fingerprint density at radius 3 is 2.74 bits per heavy atom. The van der Waals surface area contributed by atoms with Gasteiger partial charge in [0.1, 0.15) is 18.4 Å². The van der Waals surface area contributed by atoms with Gasteiger partial charge in [-0.05, 0) is 30.5 Å². The van der Waals surface area contributed by atoms with Crippen molar-refractivity contribution in [3.05, 3.63) is 28.5 Å². The van der Waals surface area contributed by atoms with E-state index >= 15 is 0 Å². The number of imide groups is 1. The highest BCUT2D eigenvalue weighted by atomic mass is 79.9. The smallest absolute Gasteiger partial charge is 0.325 e. The highest BCUT2D eigenvalue weighted by molar-refractivity contribution is 9.10. The van der Waals surface area contributed by atoms with Crippen molar-refractivity contribution in [1.29, 1.82) is 0 Å². The van der Waals surface area contributed by atoms with E-state index in [0.29, 0.717) is 10.9 Å². The van der Waals surface area contributed by atoms with Crippen molar-refractivity contribution in [2.45, 2.75) is 26.3 Å². The summed E-state index contributed by atoms with van der Waals surface area (Å²) in [6, 6.07) is 2.96. The van der Waals surface area contributed by atoms with E-state index in [2.05, 4.69) is 26.6 Å². The van der Waals surface area contributed by atoms with E-state index in [1.54, 1.807) is 6.07 Å². The summed E-state index contributed by atoms with van der Waals surface area (Å²) >= 11 is 3.12. The van der Waals surface area contributed by atoms with Crippen LogP contribution in [-0.4, -0.2) is 35.3 Å². The van der Waals surface area contributed by atoms with E-state index in [1.807, 2.05) is 13.8 Å². The van der Waals surface area contributed by atoms with Crippen LogP contribution in [0.2, 0.25) is 0 Å². The van der Waals surface area contributed by atoms with Crippen molar-refractivity contribution in [1.82, 2.24) is 10.2 Å². The standard InChI is InChI=1S/C15H17BrFN3O3/c1-8(2)5-12-14(22)20(15(23)19-12)7-13(21)18-11-4-3-9(16)6-10(11)17/h3-4,6,8,12H,5,7H2,1-2H3,(H,18,21)(H,19,23). The van der Waals surface area contributed by atoms with Crippen LogP contribution in [0.4, 0.5) is 14.9 Å². The van der Waals surface area contributed by atoms with Gasteiger partial charge < -0.3 is 10.6 Å². The Balaban J connectivity index is 1.99. The summed E-state index contributed by atoms with van der Waals surface area (Å²) in [7, 11) is 0. The highest BCUT2D eigenvalue weighted by Gasteiger charge is 2.39. The van der Waals surface area contributed by atoms with Crippen LogP contribution in [0.15, 0.2) is 22.7 Å². The van der Waals surface area contributed by atoms with Crippen molar-refractivity contribution >= 4 is 39.5 Å². The van der Waals surface area contributed by atoms with Crippen LogP contribution >= 0.6 is 15.9 Å².